The highest BCUT2D eigenvalue weighted by atomic mass is 19.4. The topological polar surface area (TPSA) is 34.4 Å². The van der Waals surface area contributed by atoms with Gasteiger partial charge in [0, 0.05) is 6.20 Å². The zero-order valence-corrected chi connectivity index (χ0v) is 9.80. The maximum absolute atomic E-state index is 12.5. The van der Waals surface area contributed by atoms with Crippen molar-refractivity contribution in [2.45, 2.75) is 19.3 Å². The summed E-state index contributed by atoms with van der Waals surface area (Å²) in [6.07, 6.45) is -9.17. The molecule has 0 radical (unpaired) electrons. The van der Waals surface area contributed by atoms with Crippen LogP contribution in [-0.2, 0) is 6.18 Å². The predicted octanol–water partition coefficient (Wildman–Crippen LogP) is 3.41. The Morgan fingerprint density at radius 3 is 2.25 bits per heavy atom. The molecule has 0 aromatic carbocycles. The number of carbonyl (C=O) groups excluding carboxylic acids is 1. The summed E-state index contributed by atoms with van der Waals surface area (Å²) < 4.78 is 75.5. The van der Waals surface area contributed by atoms with Gasteiger partial charge in [0.1, 0.15) is 11.5 Å². The Bertz CT molecular complexity index is 683. The van der Waals surface area contributed by atoms with Crippen LogP contribution in [0.1, 0.15) is 21.9 Å². The molecule has 0 N–H and O–H groups in total. The number of fused-ring (bicyclic) bond motifs is 1. The Morgan fingerprint density at radius 1 is 1.15 bits per heavy atom. The molecule has 0 spiro atoms. The van der Waals surface area contributed by atoms with E-state index in [1.807, 2.05) is 0 Å². The van der Waals surface area contributed by atoms with Gasteiger partial charge in [-0.05, 0) is 19.1 Å². The second-order valence-electron chi connectivity index (χ2n) is 4.01. The Kier molecular flexibility index (Phi) is 3.03. The van der Waals surface area contributed by atoms with E-state index < -0.39 is 29.4 Å². The second kappa shape index (κ2) is 4.22. The zero-order chi connectivity index (χ0) is 15.3. The number of Topliss-reactive ketones (excluding diaryl/α,β-unsaturated/α-hetero) is 1. The fraction of sp³-hybridized carbons (Fsp3) is 0.273. The van der Waals surface area contributed by atoms with E-state index in [9.17, 15) is 31.1 Å². The molecule has 0 amide bonds. The molecule has 9 heteroatoms. The van der Waals surface area contributed by atoms with Crippen molar-refractivity contribution in [3.8, 4) is 0 Å². The van der Waals surface area contributed by atoms with Gasteiger partial charge >= 0.3 is 12.4 Å². The van der Waals surface area contributed by atoms with Gasteiger partial charge in [-0.15, -0.1) is 0 Å². The molecule has 0 aliphatic carbocycles. The minimum atomic E-state index is -5.13. The van der Waals surface area contributed by atoms with Crippen LogP contribution in [0.4, 0.5) is 26.3 Å². The van der Waals surface area contributed by atoms with Crippen LogP contribution in [-0.4, -0.2) is 21.3 Å². The van der Waals surface area contributed by atoms with Gasteiger partial charge in [-0.25, -0.2) is 4.98 Å². The van der Waals surface area contributed by atoms with E-state index in [4.69, 9.17) is 0 Å². The number of hydrogen-bond donors (Lipinski definition) is 0. The molecule has 0 fully saturated rings. The van der Waals surface area contributed by atoms with Gasteiger partial charge < -0.3 is 4.40 Å². The Hall–Kier alpha value is -2.06. The number of carbonyl (C=O) groups is 1. The van der Waals surface area contributed by atoms with Crippen LogP contribution in [0.25, 0.3) is 5.52 Å². The first-order valence-electron chi connectivity index (χ1n) is 5.19. The molecule has 108 valence electrons. The molecule has 0 atom stereocenters. The summed E-state index contributed by atoms with van der Waals surface area (Å²) in [6, 6.07) is 1.39. The molecular weight excluding hydrogens is 290 g/mol. The SMILES string of the molecule is Cc1nc(C(=O)C(F)(F)F)c2ccc(C(F)(F)F)cn12. The summed E-state index contributed by atoms with van der Waals surface area (Å²) in [5.74, 6) is -2.33. The van der Waals surface area contributed by atoms with Crippen molar-refractivity contribution < 1.29 is 31.1 Å². The predicted molar refractivity (Wildman–Crippen MR) is 55.3 cm³/mol. The monoisotopic (exact) mass is 296 g/mol. The Morgan fingerprint density at radius 2 is 1.75 bits per heavy atom. The smallest absolute Gasteiger partial charge is 0.303 e. The van der Waals surface area contributed by atoms with E-state index in [2.05, 4.69) is 4.98 Å². The van der Waals surface area contributed by atoms with Crippen molar-refractivity contribution in [3.63, 3.8) is 0 Å². The van der Waals surface area contributed by atoms with Gasteiger partial charge in [0.25, 0.3) is 5.78 Å². The highest BCUT2D eigenvalue weighted by Crippen LogP contribution is 2.31. The van der Waals surface area contributed by atoms with Crippen LogP contribution in [0.3, 0.4) is 0 Å². The number of imidazole rings is 1. The highest BCUT2D eigenvalue weighted by molar-refractivity contribution is 6.04. The molecular formula is C11H6F6N2O. The summed E-state index contributed by atoms with van der Waals surface area (Å²) in [4.78, 5) is 14.6. The van der Waals surface area contributed by atoms with Crippen LogP contribution in [0.15, 0.2) is 18.3 Å². The summed E-state index contributed by atoms with van der Waals surface area (Å²) in [6.45, 7) is 1.21. The van der Waals surface area contributed by atoms with E-state index in [0.29, 0.717) is 12.3 Å². The quantitative estimate of drug-likeness (QED) is 0.597. The number of nitrogens with zero attached hydrogens (tertiary/aromatic N) is 2. The Labute approximate surface area is 107 Å². The summed E-state index contributed by atoms with van der Waals surface area (Å²) in [5, 5.41) is 0. The van der Waals surface area contributed by atoms with E-state index >= 15 is 0 Å². The molecule has 20 heavy (non-hydrogen) atoms. The third kappa shape index (κ3) is 2.35. The van der Waals surface area contributed by atoms with Crippen molar-refractivity contribution in [3.05, 3.63) is 35.4 Å². The molecule has 0 aliphatic heterocycles. The summed E-state index contributed by atoms with van der Waals surface area (Å²) in [5.41, 5.74) is -2.28. The zero-order valence-electron chi connectivity index (χ0n) is 9.80. The van der Waals surface area contributed by atoms with Crippen LogP contribution in [0.5, 0.6) is 0 Å². The molecule has 0 saturated heterocycles. The molecule has 2 rings (SSSR count). The van der Waals surface area contributed by atoms with Crippen molar-refractivity contribution in [2.24, 2.45) is 0 Å². The summed E-state index contributed by atoms with van der Waals surface area (Å²) in [7, 11) is 0. The molecule has 2 aromatic rings. The van der Waals surface area contributed by atoms with E-state index in [1.54, 1.807) is 0 Å². The third-order valence-corrected chi connectivity index (χ3v) is 2.61. The minimum Gasteiger partial charge on any atom is -0.303 e. The van der Waals surface area contributed by atoms with Gasteiger partial charge in [-0.2, -0.15) is 26.3 Å². The van der Waals surface area contributed by atoms with Crippen LogP contribution in [0, 0.1) is 6.92 Å². The van der Waals surface area contributed by atoms with Crippen molar-refractivity contribution in [1.82, 2.24) is 9.38 Å². The number of hydrogen-bond acceptors (Lipinski definition) is 2. The van der Waals surface area contributed by atoms with Crippen molar-refractivity contribution in [2.75, 3.05) is 0 Å². The van der Waals surface area contributed by atoms with E-state index in [-0.39, 0.29) is 11.3 Å². The number of rotatable bonds is 1. The number of pyridine rings is 1. The molecule has 0 saturated carbocycles. The highest BCUT2D eigenvalue weighted by Gasteiger charge is 2.42. The van der Waals surface area contributed by atoms with Gasteiger partial charge in [0.15, 0.2) is 0 Å². The van der Waals surface area contributed by atoms with Crippen LogP contribution < -0.4 is 0 Å². The largest absolute Gasteiger partial charge is 0.456 e. The molecule has 0 unspecified atom stereocenters. The van der Waals surface area contributed by atoms with Crippen LogP contribution in [0.2, 0.25) is 0 Å². The Balaban J connectivity index is 2.65. The fourth-order valence-corrected chi connectivity index (χ4v) is 1.70. The lowest BCUT2D eigenvalue weighted by molar-refractivity contribution is -0.137. The van der Waals surface area contributed by atoms with Gasteiger partial charge in [0.2, 0.25) is 0 Å². The lowest BCUT2D eigenvalue weighted by atomic mass is 10.2. The maximum Gasteiger partial charge on any atom is 0.456 e. The first-order chi connectivity index (χ1) is 9.01. The second-order valence-corrected chi connectivity index (χ2v) is 4.01. The van der Waals surface area contributed by atoms with Gasteiger partial charge in [-0.1, -0.05) is 0 Å². The lowest BCUT2D eigenvalue weighted by Crippen LogP contribution is -2.23. The van der Waals surface area contributed by atoms with Crippen molar-refractivity contribution >= 4 is 11.3 Å². The molecule has 0 aliphatic rings. The molecule has 2 aromatic heterocycles. The average molecular weight is 296 g/mol. The van der Waals surface area contributed by atoms with Crippen LogP contribution >= 0.6 is 0 Å². The minimum absolute atomic E-state index is 0.140. The third-order valence-electron chi connectivity index (χ3n) is 2.61. The number of ketones is 1. The maximum atomic E-state index is 12.5. The van der Waals surface area contributed by atoms with E-state index in [1.165, 1.54) is 6.92 Å². The normalized spacial score (nSPS) is 12.9. The number of alkyl halides is 6. The number of aryl methyl sites for hydroxylation is 1. The number of aromatic nitrogens is 2. The lowest BCUT2D eigenvalue weighted by Gasteiger charge is -2.08. The first kappa shape index (κ1) is 14.4. The van der Waals surface area contributed by atoms with E-state index in [0.717, 1.165) is 10.5 Å². The standard InChI is InChI=1S/C11H6F6N2O/c1-5-18-8(9(20)11(15,16)17)7-3-2-6(4-19(5)7)10(12,13)14/h2-4H,1H3. The van der Waals surface area contributed by atoms with Gasteiger partial charge in [0.05, 0.1) is 11.1 Å². The first-order valence-corrected chi connectivity index (χ1v) is 5.19. The molecule has 3 nitrogen and oxygen atoms in total. The summed E-state index contributed by atoms with van der Waals surface area (Å²) >= 11 is 0. The average Bonchev–Trinajstić information content (AvgIpc) is 2.63. The fourth-order valence-electron chi connectivity index (χ4n) is 1.70. The molecule has 2 heterocycles. The van der Waals surface area contributed by atoms with Crippen molar-refractivity contribution in [1.29, 1.82) is 0 Å². The number of halogens is 6. The van der Waals surface area contributed by atoms with Gasteiger partial charge in [-0.3, -0.25) is 4.79 Å². The molecule has 0 bridgehead atoms.